The first-order valence-electron chi connectivity index (χ1n) is 6.04. The van der Waals surface area contributed by atoms with E-state index < -0.39 is 5.60 Å². The molecule has 1 aromatic rings. The predicted molar refractivity (Wildman–Crippen MR) is 64.7 cm³/mol. The van der Waals surface area contributed by atoms with Crippen molar-refractivity contribution in [3.05, 3.63) is 17.3 Å². The highest BCUT2D eigenvalue weighted by Crippen LogP contribution is 2.21. The zero-order valence-electron chi connectivity index (χ0n) is 11.0. The van der Waals surface area contributed by atoms with E-state index in [0.29, 0.717) is 31.2 Å². The van der Waals surface area contributed by atoms with Crippen molar-refractivity contribution < 1.29 is 13.9 Å². The summed E-state index contributed by atoms with van der Waals surface area (Å²) in [7, 11) is 0. The molecule has 2 rings (SSSR count). The van der Waals surface area contributed by atoms with Gasteiger partial charge in [0.2, 0.25) is 5.89 Å². The van der Waals surface area contributed by atoms with Crippen molar-refractivity contribution in [1.82, 2.24) is 9.88 Å². The Balaban J connectivity index is 2.05. The maximum Gasteiger partial charge on any atom is 0.410 e. The average Bonchev–Trinajstić information content (AvgIpc) is 2.68. The zero-order chi connectivity index (χ0) is 13.3. The van der Waals surface area contributed by atoms with E-state index in [9.17, 15) is 4.79 Å². The van der Waals surface area contributed by atoms with E-state index in [1.165, 1.54) is 0 Å². The van der Waals surface area contributed by atoms with Gasteiger partial charge in [0.05, 0.1) is 18.8 Å². The monoisotopic (exact) mass is 253 g/mol. The summed E-state index contributed by atoms with van der Waals surface area (Å²) >= 11 is 0. The van der Waals surface area contributed by atoms with Gasteiger partial charge in [0.25, 0.3) is 0 Å². The highest BCUT2D eigenvalue weighted by molar-refractivity contribution is 5.68. The first kappa shape index (κ1) is 12.9. The summed E-state index contributed by atoms with van der Waals surface area (Å²) in [6.07, 6.45) is 0.358. The van der Waals surface area contributed by atoms with Crippen LogP contribution in [0, 0.1) is 0 Å². The lowest BCUT2D eigenvalue weighted by atomic mass is 10.1. The molecule has 1 aromatic heterocycles. The quantitative estimate of drug-likeness (QED) is 0.818. The van der Waals surface area contributed by atoms with E-state index >= 15 is 0 Å². The molecule has 1 aliphatic heterocycles. The molecule has 6 heteroatoms. The van der Waals surface area contributed by atoms with Crippen molar-refractivity contribution in [2.24, 2.45) is 5.73 Å². The van der Waals surface area contributed by atoms with Crippen molar-refractivity contribution in [1.29, 1.82) is 0 Å². The lowest BCUT2D eigenvalue weighted by Gasteiger charge is -2.28. The number of aromatic nitrogens is 1. The minimum absolute atomic E-state index is 0.277. The number of oxazole rings is 1. The standard InChI is InChI=1S/C12H19N3O3/c1-12(2,3)18-11(16)15-5-4-8-9(7-15)17-10(6-13)14-8/h4-7,13H2,1-3H3. The lowest BCUT2D eigenvalue weighted by molar-refractivity contribution is 0.0208. The summed E-state index contributed by atoms with van der Waals surface area (Å²) in [5.74, 6) is 1.23. The second-order valence-electron chi connectivity index (χ2n) is 5.33. The molecule has 0 radical (unpaired) electrons. The van der Waals surface area contributed by atoms with Crippen molar-refractivity contribution in [3.8, 4) is 0 Å². The summed E-state index contributed by atoms with van der Waals surface area (Å²) in [5, 5.41) is 0. The van der Waals surface area contributed by atoms with Gasteiger partial charge in [0.15, 0.2) is 0 Å². The molecule has 0 aromatic carbocycles. The fourth-order valence-electron chi connectivity index (χ4n) is 1.82. The molecule has 2 N–H and O–H groups in total. The Morgan fingerprint density at radius 2 is 2.28 bits per heavy atom. The Kier molecular flexibility index (Phi) is 3.30. The molecule has 0 unspecified atom stereocenters. The van der Waals surface area contributed by atoms with E-state index in [0.717, 1.165) is 5.69 Å². The molecule has 0 saturated carbocycles. The molecule has 6 nitrogen and oxygen atoms in total. The van der Waals surface area contributed by atoms with Gasteiger partial charge in [-0.2, -0.15) is 0 Å². The fraction of sp³-hybridized carbons (Fsp3) is 0.667. The van der Waals surface area contributed by atoms with Crippen LogP contribution in [0.4, 0.5) is 4.79 Å². The Morgan fingerprint density at radius 1 is 1.56 bits per heavy atom. The van der Waals surface area contributed by atoms with Crippen LogP contribution in [0.25, 0.3) is 0 Å². The topological polar surface area (TPSA) is 81.6 Å². The van der Waals surface area contributed by atoms with Gasteiger partial charge in [-0.05, 0) is 20.8 Å². The summed E-state index contributed by atoms with van der Waals surface area (Å²) in [6, 6.07) is 0. The minimum Gasteiger partial charge on any atom is -0.444 e. The number of nitrogens with zero attached hydrogens (tertiary/aromatic N) is 2. The minimum atomic E-state index is -0.485. The van der Waals surface area contributed by atoms with Crippen LogP contribution < -0.4 is 5.73 Å². The van der Waals surface area contributed by atoms with E-state index in [1.54, 1.807) is 4.90 Å². The zero-order valence-corrected chi connectivity index (χ0v) is 11.0. The number of ether oxygens (including phenoxy) is 1. The van der Waals surface area contributed by atoms with Gasteiger partial charge in [-0.3, -0.25) is 0 Å². The van der Waals surface area contributed by atoms with E-state index in [-0.39, 0.29) is 12.6 Å². The van der Waals surface area contributed by atoms with Gasteiger partial charge >= 0.3 is 6.09 Å². The van der Waals surface area contributed by atoms with E-state index in [1.807, 2.05) is 20.8 Å². The number of rotatable bonds is 1. The average molecular weight is 253 g/mol. The molecule has 0 atom stereocenters. The third-order valence-electron chi connectivity index (χ3n) is 2.60. The van der Waals surface area contributed by atoms with Crippen molar-refractivity contribution in [2.45, 2.75) is 45.9 Å². The number of hydrogen-bond donors (Lipinski definition) is 1. The number of carbonyl (C=O) groups is 1. The molecular formula is C12H19N3O3. The lowest BCUT2D eigenvalue weighted by Crippen LogP contribution is -2.39. The first-order valence-corrected chi connectivity index (χ1v) is 6.04. The van der Waals surface area contributed by atoms with Gasteiger partial charge < -0.3 is 19.8 Å². The van der Waals surface area contributed by atoms with Crippen LogP contribution in [-0.2, 0) is 24.2 Å². The van der Waals surface area contributed by atoms with Crippen LogP contribution in [-0.4, -0.2) is 28.1 Å². The highest BCUT2D eigenvalue weighted by Gasteiger charge is 2.28. The number of amides is 1. The molecule has 0 fully saturated rings. The molecule has 18 heavy (non-hydrogen) atoms. The second-order valence-corrected chi connectivity index (χ2v) is 5.33. The number of nitrogens with two attached hydrogens (primary N) is 1. The van der Waals surface area contributed by atoms with Gasteiger partial charge in [0, 0.05) is 13.0 Å². The predicted octanol–water partition coefficient (Wildman–Crippen LogP) is 1.43. The third-order valence-corrected chi connectivity index (χ3v) is 2.60. The molecule has 0 aliphatic carbocycles. The molecule has 1 amide bonds. The number of hydrogen-bond acceptors (Lipinski definition) is 5. The second kappa shape index (κ2) is 4.61. The van der Waals surface area contributed by atoms with Crippen LogP contribution >= 0.6 is 0 Å². The Morgan fingerprint density at radius 3 is 2.89 bits per heavy atom. The summed E-state index contributed by atoms with van der Waals surface area (Å²) in [4.78, 5) is 17.8. The molecule has 0 spiro atoms. The third kappa shape index (κ3) is 2.81. The SMILES string of the molecule is CC(C)(C)OC(=O)N1CCc2nc(CN)oc2C1. The van der Waals surface area contributed by atoms with Gasteiger partial charge in [-0.1, -0.05) is 0 Å². The Bertz CT molecular complexity index is 448. The van der Waals surface area contributed by atoms with Crippen molar-refractivity contribution >= 4 is 6.09 Å². The van der Waals surface area contributed by atoms with E-state index in [4.69, 9.17) is 14.9 Å². The summed E-state index contributed by atoms with van der Waals surface area (Å²) in [6.45, 7) is 6.82. The molecular weight excluding hydrogens is 234 g/mol. The van der Waals surface area contributed by atoms with E-state index in [2.05, 4.69) is 4.98 Å². The summed E-state index contributed by atoms with van der Waals surface area (Å²) < 4.78 is 10.8. The smallest absolute Gasteiger partial charge is 0.410 e. The van der Waals surface area contributed by atoms with Gasteiger partial charge in [-0.25, -0.2) is 9.78 Å². The normalized spacial score (nSPS) is 15.4. The van der Waals surface area contributed by atoms with Crippen LogP contribution in [0.1, 0.15) is 38.1 Å². The highest BCUT2D eigenvalue weighted by atomic mass is 16.6. The molecule has 2 heterocycles. The number of carbonyl (C=O) groups excluding carboxylic acids is 1. The molecule has 100 valence electrons. The first-order chi connectivity index (χ1) is 8.39. The van der Waals surface area contributed by atoms with Crippen molar-refractivity contribution in [2.75, 3.05) is 6.54 Å². The van der Waals surface area contributed by atoms with Gasteiger partial charge in [0.1, 0.15) is 11.4 Å². The molecule has 0 bridgehead atoms. The van der Waals surface area contributed by atoms with Gasteiger partial charge in [-0.15, -0.1) is 0 Å². The Hall–Kier alpha value is -1.56. The van der Waals surface area contributed by atoms with Crippen LogP contribution in [0.3, 0.4) is 0 Å². The van der Waals surface area contributed by atoms with Crippen LogP contribution in [0.15, 0.2) is 4.42 Å². The maximum absolute atomic E-state index is 11.9. The molecule has 1 aliphatic rings. The number of fused-ring (bicyclic) bond motifs is 1. The largest absolute Gasteiger partial charge is 0.444 e. The van der Waals surface area contributed by atoms with Crippen molar-refractivity contribution in [3.63, 3.8) is 0 Å². The Labute approximate surface area is 106 Å². The maximum atomic E-state index is 11.9. The fourth-order valence-corrected chi connectivity index (χ4v) is 1.82. The molecule has 0 saturated heterocycles. The van der Waals surface area contributed by atoms with Crippen LogP contribution in [0.2, 0.25) is 0 Å². The van der Waals surface area contributed by atoms with Crippen LogP contribution in [0.5, 0.6) is 0 Å². The summed E-state index contributed by atoms with van der Waals surface area (Å²) in [5.41, 5.74) is 5.89.